The van der Waals surface area contributed by atoms with E-state index in [-0.39, 0.29) is 24.5 Å². The van der Waals surface area contributed by atoms with Crippen LogP contribution in [0.4, 0.5) is 4.79 Å². The zero-order chi connectivity index (χ0) is 13.1. The molecular weight excluding hydrogens is 236 g/mol. The van der Waals surface area contributed by atoms with Crippen LogP contribution in [0, 0.1) is 0 Å². The third-order valence-electron chi connectivity index (χ3n) is 3.56. The summed E-state index contributed by atoms with van der Waals surface area (Å²) in [5, 5.41) is 8.72. The fraction of sp³-hybridized carbons (Fsp3) is 0.833. The van der Waals surface area contributed by atoms with Crippen LogP contribution < -0.4 is 0 Å². The molecule has 2 rings (SSSR count). The number of ether oxygens (including phenoxy) is 1. The molecule has 0 aromatic carbocycles. The normalized spacial score (nSPS) is 22.8. The molecule has 1 heterocycles. The second-order valence-electron chi connectivity index (χ2n) is 4.98. The summed E-state index contributed by atoms with van der Waals surface area (Å²) in [6, 6.07) is 0.305. The van der Waals surface area contributed by atoms with Crippen LogP contribution in [0.3, 0.4) is 0 Å². The van der Waals surface area contributed by atoms with E-state index in [1.807, 2.05) is 0 Å². The molecule has 1 saturated carbocycles. The summed E-state index contributed by atoms with van der Waals surface area (Å²) in [6.45, 7) is 1.58. The molecule has 6 nitrogen and oxygen atoms in total. The number of carboxylic acids is 1. The molecule has 2 amide bonds. The van der Waals surface area contributed by atoms with Gasteiger partial charge in [-0.3, -0.25) is 4.79 Å². The monoisotopic (exact) mass is 256 g/mol. The Morgan fingerprint density at radius 1 is 1.28 bits per heavy atom. The van der Waals surface area contributed by atoms with Crippen LogP contribution in [0.15, 0.2) is 0 Å². The van der Waals surface area contributed by atoms with Crippen molar-refractivity contribution < 1.29 is 19.4 Å². The van der Waals surface area contributed by atoms with E-state index >= 15 is 0 Å². The largest absolute Gasteiger partial charge is 0.481 e. The highest BCUT2D eigenvalue weighted by Gasteiger charge is 2.36. The predicted molar refractivity (Wildman–Crippen MR) is 64.4 cm³/mol. The summed E-state index contributed by atoms with van der Waals surface area (Å²) in [6.07, 6.45) is 2.84. The SMILES string of the molecule is CN(C(=O)N(CCC(=O)O)C1CC1)C1CCOC1. The maximum Gasteiger partial charge on any atom is 0.320 e. The number of urea groups is 1. The summed E-state index contributed by atoms with van der Waals surface area (Å²) < 4.78 is 5.28. The minimum atomic E-state index is -0.861. The third-order valence-corrected chi connectivity index (χ3v) is 3.56. The minimum Gasteiger partial charge on any atom is -0.481 e. The lowest BCUT2D eigenvalue weighted by Gasteiger charge is -2.31. The van der Waals surface area contributed by atoms with Gasteiger partial charge in [-0.25, -0.2) is 4.79 Å². The topological polar surface area (TPSA) is 70.1 Å². The molecule has 1 atom stereocenters. The Morgan fingerprint density at radius 2 is 2.00 bits per heavy atom. The van der Waals surface area contributed by atoms with Gasteiger partial charge in [0.15, 0.2) is 0 Å². The average molecular weight is 256 g/mol. The maximum atomic E-state index is 12.3. The van der Waals surface area contributed by atoms with Gasteiger partial charge in [-0.05, 0) is 19.3 Å². The van der Waals surface area contributed by atoms with Gasteiger partial charge in [0.25, 0.3) is 0 Å². The van der Waals surface area contributed by atoms with E-state index in [9.17, 15) is 9.59 Å². The predicted octanol–water partition coefficient (Wildman–Crippen LogP) is 0.766. The number of hydrogen-bond donors (Lipinski definition) is 1. The lowest BCUT2D eigenvalue weighted by molar-refractivity contribution is -0.137. The number of rotatable bonds is 5. The molecule has 0 bridgehead atoms. The first-order valence-corrected chi connectivity index (χ1v) is 6.42. The van der Waals surface area contributed by atoms with Crippen LogP contribution in [0.2, 0.25) is 0 Å². The van der Waals surface area contributed by atoms with Crippen molar-refractivity contribution in [2.75, 3.05) is 26.8 Å². The molecule has 1 saturated heterocycles. The van der Waals surface area contributed by atoms with Crippen molar-refractivity contribution in [3.8, 4) is 0 Å². The number of amides is 2. The van der Waals surface area contributed by atoms with Crippen molar-refractivity contribution in [2.45, 2.75) is 37.8 Å². The van der Waals surface area contributed by atoms with E-state index in [0.29, 0.717) is 19.8 Å². The van der Waals surface area contributed by atoms with Crippen molar-refractivity contribution in [3.05, 3.63) is 0 Å². The second-order valence-corrected chi connectivity index (χ2v) is 4.98. The van der Waals surface area contributed by atoms with E-state index in [0.717, 1.165) is 19.3 Å². The van der Waals surface area contributed by atoms with Gasteiger partial charge in [-0.2, -0.15) is 0 Å². The van der Waals surface area contributed by atoms with Crippen molar-refractivity contribution in [1.29, 1.82) is 0 Å². The zero-order valence-electron chi connectivity index (χ0n) is 10.7. The molecule has 6 heteroatoms. The molecule has 0 aromatic rings. The molecule has 0 aromatic heterocycles. The molecule has 1 N–H and O–H groups in total. The molecule has 102 valence electrons. The second kappa shape index (κ2) is 5.56. The average Bonchev–Trinajstić information content (AvgIpc) is 3.02. The highest BCUT2D eigenvalue weighted by atomic mass is 16.5. The Hall–Kier alpha value is -1.30. The van der Waals surface area contributed by atoms with Crippen LogP contribution in [0.25, 0.3) is 0 Å². The fourth-order valence-corrected chi connectivity index (χ4v) is 2.22. The zero-order valence-corrected chi connectivity index (χ0v) is 10.7. The lowest BCUT2D eigenvalue weighted by Crippen LogP contribution is -2.47. The van der Waals surface area contributed by atoms with Gasteiger partial charge in [0, 0.05) is 26.2 Å². The van der Waals surface area contributed by atoms with E-state index in [1.165, 1.54) is 0 Å². The van der Waals surface area contributed by atoms with Crippen LogP contribution in [-0.4, -0.2) is 65.8 Å². The summed E-state index contributed by atoms with van der Waals surface area (Å²) >= 11 is 0. The molecule has 1 unspecified atom stereocenters. The van der Waals surface area contributed by atoms with Gasteiger partial charge in [-0.15, -0.1) is 0 Å². The third kappa shape index (κ3) is 3.13. The number of likely N-dealkylation sites (N-methyl/N-ethyl adjacent to an activating group) is 1. The van der Waals surface area contributed by atoms with Gasteiger partial charge in [0.05, 0.1) is 19.1 Å². The molecule has 0 spiro atoms. The number of nitrogens with zero attached hydrogens (tertiary/aromatic N) is 2. The molecular formula is C12H20N2O4. The van der Waals surface area contributed by atoms with Gasteiger partial charge in [0.1, 0.15) is 0 Å². The number of carboxylic acid groups (broad SMARTS) is 1. The first-order valence-electron chi connectivity index (χ1n) is 6.42. The molecule has 1 aliphatic carbocycles. The maximum absolute atomic E-state index is 12.3. The van der Waals surface area contributed by atoms with Crippen molar-refractivity contribution in [2.24, 2.45) is 0 Å². The van der Waals surface area contributed by atoms with Crippen LogP contribution in [0.1, 0.15) is 25.7 Å². The number of carbonyl (C=O) groups is 2. The highest BCUT2D eigenvalue weighted by molar-refractivity contribution is 5.76. The molecule has 2 aliphatic rings. The quantitative estimate of drug-likeness (QED) is 0.788. The van der Waals surface area contributed by atoms with E-state index in [1.54, 1.807) is 16.8 Å². The van der Waals surface area contributed by atoms with Crippen molar-refractivity contribution >= 4 is 12.0 Å². The van der Waals surface area contributed by atoms with Crippen molar-refractivity contribution in [1.82, 2.24) is 9.80 Å². The Kier molecular flexibility index (Phi) is 4.06. The van der Waals surface area contributed by atoms with Gasteiger partial charge in [0.2, 0.25) is 0 Å². The van der Waals surface area contributed by atoms with Crippen LogP contribution in [0.5, 0.6) is 0 Å². The molecule has 2 fully saturated rings. The molecule has 0 radical (unpaired) electrons. The Labute approximate surface area is 106 Å². The Bertz CT molecular complexity index is 324. The molecule has 1 aliphatic heterocycles. The Balaban J connectivity index is 1.91. The highest BCUT2D eigenvalue weighted by Crippen LogP contribution is 2.28. The van der Waals surface area contributed by atoms with Gasteiger partial charge < -0.3 is 19.6 Å². The van der Waals surface area contributed by atoms with E-state index < -0.39 is 5.97 Å². The summed E-state index contributed by atoms with van der Waals surface area (Å²) in [5.74, 6) is -0.861. The van der Waals surface area contributed by atoms with Crippen LogP contribution >= 0.6 is 0 Å². The lowest BCUT2D eigenvalue weighted by atomic mass is 10.2. The number of hydrogen-bond acceptors (Lipinski definition) is 3. The van der Waals surface area contributed by atoms with Crippen LogP contribution in [-0.2, 0) is 9.53 Å². The van der Waals surface area contributed by atoms with E-state index in [2.05, 4.69) is 0 Å². The first kappa shape index (κ1) is 13.1. The summed E-state index contributed by atoms with van der Waals surface area (Å²) in [7, 11) is 1.78. The summed E-state index contributed by atoms with van der Waals surface area (Å²) in [5.41, 5.74) is 0. The number of carbonyl (C=O) groups excluding carboxylic acids is 1. The van der Waals surface area contributed by atoms with E-state index in [4.69, 9.17) is 9.84 Å². The van der Waals surface area contributed by atoms with Gasteiger partial charge in [-0.1, -0.05) is 0 Å². The standard InChI is InChI=1S/C12H20N2O4/c1-13(10-5-7-18-8-10)12(17)14(9-2-3-9)6-4-11(15)16/h9-10H,2-8H2,1H3,(H,15,16). The first-order chi connectivity index (χ1) is 8.59. The number of aliphatic carboxylic acids is 1. The summed E-state index contributed by atoms with van der Waals surface area (Å²) in [4.78, 5) is 26.4. The van der Waals surface area contributed by atoms with Crippen molar-refractivity contribution in [3.63, 3.8) is 0 Å². The minimum absolute atomic E-state index is 0.0112. The molecule has 18 heavy (non-hydrogen) atoms. The Morgan fingerprint density at radius 3 is 2.50 bits per heavy atom. The fourth-order valence-electron chi connectivity index (χ4n) is 2.22. The smallest absolute Gasteiger partial charge is 0.320 e. The van der Waals surface area contributed by atoms with Gasteiger partial charge >= 0.3 is 12.0 Å².